The first-order valence-corrected chi connectivity index (χ1v) is 9.38. The molecule has 1 aromatic heterocycles. The second-order valence-corrected chi connectivity index (χ2v) is 8.26. The Morgan fingerprint density at radius 1 is 1.36 bits per heavy atom. The van der Waals surface area contributed by atoms with Crippen molar-refractivity contribution in [3.05, 3.63) is 41.6 Å². The summed E-state index contributed by atoms with van der Waals surface area (Å²) < 4.78 is 40.4. The predicted octanol–water partition coefficient (Wildman–Crippen LogP) is 2.73. The van der Waals surface area contributed by atoms with Crippen LogP contribution in [0.1, 0.15) is 30.6 Å². The first kappa shape index (κ1) is 17.7. The molecule has 0 saturated carbocycles. The van der Waals surface area contributed by atoms with Gasteiger partial charge in [0.25, 0.3) is 5.91 Å². The standard InChI is InChI=1S/C17H19F2N3O2S/c1-3-11-9-22(8-10(2)25(11)24)17(23)12-7-20-21-16(12)15-13(18)5-4-6-14(15)19/h4-7,10-11H,3,8-9H2,1-2H3,(H,20,21). The minimum atomic E-state index is -0.993. The van der Waals surface area contributed by atoms with Gasteiger partial charge >= 0.3 is 0 Å². The monoisotopic (exact) mass is 367 g/mol. The van der Waals surface area contributed by atoms with Gasteiger partial charge in [-0.1, -0.05) is 13.0 Å². The summed E-state index contributed by atoms with van der Waals surface area (Å²) in [5.41, 5.74) is -0.171. The molecule has 1 aliphatic heterocycles. The van der Waals surface area contributed by atoms with E-state index < -0.39 is 22.4 Å². The van der Waals surface area contributed by atoms with Gasteiger partial charge in [0.15, 0.2) is 0 Å². The Morgan fingerprint density at radius 3 is 2.68 bits per heavy atom. The fraction of sp³-hybridized carbons (Fsp3) is 0.412. The van der Waals surface area contributed by atoms with E-state index in [1.165, 1.54) is 12.3 Å². The summed E-state index contributed by atoms with van der Waals surface area (Å²) in [5.74, 6) is -1.90. The van der Waals surface area contributed by atoms with Crippen molar-refractivity contribution in [3.63, 3.8) is 0 Å². The summed E-state index contributed by atoms with van der Waals surface area (Å²) in [5, 5.41) is 6.08. The number of hydrogen-bond donors (Lipinski definition) is 1. The van der Waals surface area contributed by atoms with E-state index in [-0.39, 0.29) is 33.2 Å². The van der Waals surface area contributed by atoms with E-state index in [9.17, 15) is 17.8 Å². The SMILES string of the molecule is CCC1CN(C(=O)c2cn[nH]c2-c2c(F)cccc2F)CC(C)S1=O. The molecular formula is C17H19F2N3O2S. The molecular weight excluding hydrogens is 348 g/mol. The Hall–Kier alpha value is -2.09. The number of H-pyrrole nitrogens is 1. The maximum absolute atomic E-state index is 14.1. The summed E-state index contributed by atoms with van der Waals surface area (Å²) in [6.45, 7) is 4.47. The number of hydrogen-bond acceptors (Lipinski definition) is 3. The molecule has 1 aliphatic rings. The fourth-order valence-corrected chi connectivity index (χ4v) is 4.75. The number of rotatable bonds is 3. The average molecular weight is 367 g/mol. The lowest BCUT2D eigenvalue weighted by Crippen LogP contribution is -2.50. The van der Waals surface area contributed by atoms with E-state index in [0.717, 1.165) is 12.1 Å². The van der Waals surface area contributed by atoms with Crippen molar-refractivity contribution in [2.45, 2.75) is 30.8 Å². The van der Waals surface area contributed by atoms with E-state index in [1.807, 2.05) is 13.8 Å². The van der Waals surface area contributed by atoms with E-state index in [0.29, 0.717) is 19.5 Å². The molecule has 134 valence electrons. The molecule has 0 aliphatic carbocycles. The summed E-state index contributed by atoms with van der Waals surface area (Å²) in [7, 11) is -0.993. The molecule has 3 unspecified atom stereocenters. The Labute approximate surface area is 146 Å². The van der Waals surface area contributed by atoms with Crippen LogP contribution >= 0.6 is 0 Å². The minimum Gasteiger partial charge on any atom is -0.336 e. The zero-order chi connectivity index (χ0) is 18.1. The average Bonchev–Trinajstić information content (AvgIpc) is 3.05. The number of aromatic amines is 1. The van der Waals surface area contributed by atoms with Crippen LogP contribution in [0.5, 0.6) is 0 Å². The van der Waals surface area contributed by atoms with Gasteiger partial charge in [-0.25, -0.2) is 8.78 Å². The summed E-state index contributed by atoms with van der Waals surface area (Å²) in [6, 6.07) is 3.53. The molecule has 0 spiro atoms. The molecule has 1 saturated heterocycles. The fourth-order valence-electron chi connectivity index (χ4n) is 3.11. The van der Waals surface area contributed by atoms with Crippen molar-refractivity contribution in [3.8, 4) is 11.3 Å². The first-order valence-electron chi connectivity index (χ1n) is 8.10. The van der Waals surface area contributed by atoms with Gasteiger partial charge in [0, 0.05) is 29.1 Å². The zero-order valence-electron chi connectivity index (χ0n) is 14.0. The third kappa shape index (κ3) is 3.22. The third-order valence-electron chi connectivity index (χ3n) is 4.45. The Kier molecular flexibility index (Phi) is 4.99. The second-order valence-electron chi connectivity index (χ2n) is 6.13. The van der Waals surface area contributed by atoms with Crippen LogP contribution in [0.3, 0.4) is 0 Å². The summed E-state index contributed by atoms with van der Waals surface area (Å²) in [6.07, 6.45) is 1.97. The van der Waals surface area contributed by atoms with E-state index in [4.69, 9.17) is 0 Å². The van der Waals surface area contributed by atoms with Gasteiger partial charge in [0.05, 0.1) is 28.3 Å². The molecule has 25 heavy (non-hydrogen) atoms. The lowest BCUT2D eigenvalue weighted by atomic mass is 10.1. The van der Waals surface area contributed by atoms with Crippen molar-refractivity contribution in [2.75, 3.05) is 13.1 Å². The number of benzene rings is 1. The van der Waals surface area contributed by atoms with Crippen LogP contribution in [-0.2, 0) is 10.8 Å². The second kappa shape index (κ2) is 7.03. The quantitative estimate of drug-likeness (QED) is 0.907. The van der Waals surface area contributed by atoms with Crippen molar-refractivity contribution in [1.82, 2.24) is 15.1 Å². The normalized spacial score (nSPS) is 23.7. The van der Waals surface area contributed by atoms with Gasteiger partial charge in [-0.2, -0.15) is 5.10 Å². The molecule has 1 aromatic carbocycles. The molecule has 0 bridgehead atoms. The Bertz CT molecular complexity index is 804. The zero-order valence-corrected chi connectivity index (χ0v) is 14.8. The summed E-state index contributed by atoms with van der Waals surface area (Å²) in [4.78, 5) is 14.5. The van der Waals surface area contributed by atoms with Gasteiger partial charge in [-0.3, -0.25) is 14.1 Å². The van der Waals surface area contributed by atoms with Crippen LogP contribution in [0.15, 0.2) is 24.4 Å². The van der Waals surface area contributed by atoms with E-state index in [2.05, 4.69) is 10.2 Å². The third-order valence-corrected chi connectivity index (χ3v) is 6.53. The van der Waals surface area contributed by atoms with Crippen LogP contribution < -0.4 is 0 Å². The number of carbonyl (C=O) groups is 1. The molecule has 1 N–H and O–H groups in total. The van der Waals surface area contributed by atoms with Gasteiger partial charge in [0.2, 0.25) is 0 Å². The van der Waals surface area contributed by atoms with Crippen molar-refractivity contribution in [2.24, 2.45) is 0 Å². The van der Waals surface area contributed by atoms with E-state index >= 15 is 0 Å². The highest BCUT2D eigenvalue weighted by atomic mass is 32.2. The van der Waals surface area contributed by atoms with Crippen LogP contribution in [0.25, 0.3) is 11.3 Å². The number of amides is 1. The maximum Gasteiger partial charge on any atom is 0.257 e. The van der Waals surface area contributed by atoms with Crippen LogP contribution in [0, 0.1) is 11.6 Å². The molecule has 0 radical (unpaired) electrons. The highest BCUT2D eigenvalue weighted by molar-refractivity contribution is 7.86. The van der Waals surface area contributed by atoms with Gasteiger partial charge in [-0.05, 0) is 25.5 Å². The lowest BCUT2D eigenvalue weighted by molar-refractivity contribution is 0.0749. The highest BCUT2D eigenvalue weighted by Gasteiger charge is 2.34. The number of nitrogens with one attached hydrogen (secondary N) is 1. The predicted molar refractivity (Wildman–Crippen MR) is 91.5 cm³/mol. The van der Waals surface area contributed by atoms with Crippen LogP contribution in [-0.4, -0.2) is 48.8 Å². The molecule has 1 amide bonds. The van der Waals surface area contributed by atoms with E-state index in [1.54, 1.807) is 4.90 Å². The molecule has 1 fully saturated rings. The number of halogens is 2. The topological polar surface area (TPSA) is 66.1 Å². The van der Waals surface area contributed by atoms with Crippen LogP contribution in [0.2, 0.25) is 0 Å². The van der Waals surface area contributed by atoms with Gasteiger partial charge < -0.3 is 4.90 Å². The van der Waals surface area contributed by atoms with Crippen LogP contribution in [0.4, 0.5) is 8.78 Å². The number of nitrogens with zero attached hydrogens (tertiary/aromatic N) is 2. The Balaban J connectivity index is 1.95. The maximum atomic E-state index is 14.1. The molecule has 2 aromatic rings. The molecule has 3 atom stereocenters. The smallest absolute Gasteiger partial charge is 0.257 e. The Morgan fingerprint density at radius 2 is 2.04 bits per heavy atom. The highest BCUT2D eigenvalue weighted by Crippen LogP contribution is 2.29. The van der Waals surface area contributed by atoms with Crippen molar-refractivity contribution < 1.29 is 17.8 Å². The molecule has 8 heteroatoms. The van der Waals surface area contributed by atoms with Crippen molar-refractivity contribution in [1.29, 1.82) is 0 Å². The first-order chi connectivity index (χ1) is 11.9. The largest absolute Gasteiger partial charge is 0.336 e. The molecule has 5 nitrogen and oxygen atoms in total. The molecule has 3 rings (SSSR count). The molecule has 2 heterocycles. The van der Waals surface area contributed by atoms with Gasteiger partial charge in [0.1, 0.15) is 11.6 Å². The lowest BCUT2D eigenvalue weighted by Gasteiger charge is -2.35. The number of carbonyl (C=O) groups excluding carboxylic acids is 1. The van der Waals surface area contributed by atoms with Crippen molar-refractivity contribution >= 4 is 16.7 Å². The minimum absolute atomic E-state index is 0.0213. The summed E-state index contributed by atoms with van der Waals surface area (Å²) >= 11 is 0. The van der Waals surface area contributed by atoms with Gasteiger partial charge in [-0.15, -0.1) is 0 Å². The number of aromatic nitrogens is 2.